The zero-order valence-corrected chi connectivity index (χ0v) is 10.1. The highest BCUT2D eigenvalue weighted by Gasteiger charge is 2.14. The normalized spacial score (nSPS) is 11.6. The molecule has 0 spiro atoms. The van der Waals surface area contributed by atoms with Gasteiger partial charge in [0, 0.05) is 6.54 Å². The van der Waals surface area contributed by atoms with Crippen LogP contribution in [-0.4, -0.2) is 18.6 Å². The second-order valence-electron chi connectivity index (χ2n) is 3.61. The summed E-state index contributed by atoms with van der Waals surface area (Å²) in [6, 6.07) is 9.09. The van der Waals surface area contributed by atoms with Crippen molar-refractivity contribution in [2.75, 3.05) is 0 Å². The van der Waals surface area contributed by atoms with Crippen molar-refractivity contribution in [3.63, 3.8) is 0 Å². The molecule has 2 rings (SSSR count). The molecule has 0 unspecified atom stereocenters. The first kappa shape index (κ1) is 12.5. The molecule has 7 nitrogen and oxygen atoms in total. The Hall–Kier alpha value is -1.93. The number of sulfonamides is 1. The smallest absolute Gasteiger partial charge is 0.296 e. The SMILES string of the molecule is O=c1[nH]c(CS(=O)(=O)NCc2ccccc2)no1. The molecule has 0 aliphatic carbocycles. The van der Waals surface area contributed by atoms with Gasteiger partial charge >= 0.3 is 5.76 Å². The molecule has 0 aliphatic heterocycles. The lowest BCUT2D eigenvalue weighted by molar-refractivity contribution is 0.382. The van der Waals surface area contributed by atoms with Gasteiger partial charge in [0.25, 0.3) is 0 Å². The fourth-order valence-electron chi connectivity index (χ4n) is 1.34. The van der Waals surface area contributed by atoms with Gasteiger partial charge in [0.15, 0.2) is 5.82 Å². The van der Waals surface area contributed by atoms with E-state index in [2.05, 4.69) is 19.4 Å². The van der Waals surface area contributed by atoms with Crippen LogP contribution in [-0.2, 0) is 22.3 Å². The van der Waals surface area contributed by atoms with E-state index in [1.807, 2.05) is 18.2 Å². The Kier molecular flexibility index (Phi) is 3.58. The Bertz CT molecular complexity index is 660. The van der Waals surface area contributed by atoms with E-state index in [-0.39, 0.29) is 12.4 Å². The monoisotopic (exact) mass is 269 g/mol. The predicted octanol–water partition coefficient (Wildman–Crippen LogP) is -0.0175. The number of H-pyrrole nitrogens is 1. The molecule has 0 fully saturated rings. The maximum absolute atomic E-state index is 11.7. The summed E-state index contributed by atoms with van der Waals surface area (Å²) in [5, 5.41) is 3.29. The molecular weight excluding hydrogens is 258 g/mol. The van der Waals surface area contributed by atoms with Gasteiger partial charge < -0.3 is 0 Å². The third kappa shape index (κ3) is 3.54. The van der Waals surface area contributed by atoms with Gasteiger partial charge in [-0.25, -0.2) is 17.9 Å². The summed E-state index contributed by atoms with van der Waals surface area (Å²) in [6.45, 7) is 0.186. The van der Waals surface area contributed by atoms with Gasteiger partial charge in [0.05, 0.1) is 0 Å². The van der Waals surface area contributed by atoms with Crippen molar-refractivity contribution in [3.8, 4) is 0 Å². The fourth-order valence-corrected chi connectivity index (χ4v) is 2.32. The third-order valence-electron chi connectivity index (χ3n) is 2.15. The lowest BCUT2D eigenvalue weighted by atomic mass is 10.2. The number of nitrogens with one attached hydrogen (secondary N) is 2. The average molecular weight is 269 g/mol. The van der Waals surface area contributed by atoms with Gasteiger partial charge in [-0.15, -0.1) is 0 Å². The molecule has 1 aromatic carbocycles. The minimum Gasteiger partial charge on any atom is -0.296 e. The molecule has 0 saturated heterocycles. The summed E-state index contributed by atoms with van der Waals surface area (Å²) in [5.74, 6) is -1.23. The van der Waals surface area contributed by atoms with E-state index >= 15 is 0 Å². The molecule has 2 N–H and O–H groups in total. The van der Waals surface area contributed by atoms with Gasteiger partial charge in [-0.05, 0) is 5.56 Å². The number of hydrogen-bond acceptors (Lipinski definition) is 5. The molecule has 0 amide bonds. The molecule has 0 aliphatic rings. The Morgan fingerprint density at radius 2 is 2.00 bits per heavy atom. The largest absolute Gasteiger partial charge is 0.438 e. The topological polar surface area (TPSA) is 105 Å². The highest BCUT2D eigenvalue weighted by atomic mass is 32.2. The quantitative estimate of drug-likeness (QED) is 0.793. The van der Waals surface area contributed by atoms with Gasteiger partial charge in [0.1, 0.15) is 5.75 Å². The Balaban J connectivity index is 1.98. The predicted molar refractivity (Wildman–Crippen MR) is 63.0 cm³/mol. The standard InChI is InChI=1S/C10H11N3O4S/c14-10-12-9(13-17-10)7-18(15,16)11-6-8-4-2-1-3-5-8/h1-5,11H,6-7H2,(H,12,13,14). The second-order valence-corrected chi connectivity index (χ2v) is 5.41. The van der Waals surface area contributed by atoms with E-state index in [1.54, 1.807) is 12.1 Å². The number of aromatic amines is 1. The zero-order valence-electron chi connectivity index (χ0n) is 9.29. The van der Waals surface area contributed by atoms with Crippen LogP contribution in [0.25, 0.3) is 0 Å². The van der Waals surface area contributed by atoms with Crippen molar-refractivity contribution in [2.24, 2.45) is 0 Å². The zero-order chi connectivity index (χ0) is 13.0. The first-order valence-electron chi connectivity index (χ1n) is 5.11. The van der Waals surface area contributed by atoms with Gasteiger partial charge in [-0.1, -0.05) is 35.5 Å². The van der Waals surface area contributed by atoms with Crippen LogP contribution < -0.4 is 10.5 Å². The number of rotatable bonds is 5. The summed E-state index contributed by atoms with van der Waals surface area (Å²) in [5.41, 5.74) is 0.842. The minimum absolute atomic E-state index is 0.0273. The van der Waals surface area contributed by atoms with Crippen molar-refractivity contribution in [3.05, 3.63) is 52.3 Å². The molecule has 1 aromatic heterocycles. The molecule has 1 heterocycles. The summed E-state index contributed by atoms with van der Waals surface area (Å²) < 4.78 is 30.0. The van der Waals surface area contributed by atoms with Crippen molar-refractivity contribution >= 4 is 10.0 Å². The van der Waals surface area contributed by atoms with Crippen LogP contribution in [0.4, 0.5) is 0 Å². The first-order chi connectivity index (χ1) is 8.55. The van der Waals surface area contributed by atoms with Gasteiger partial charge in [-0.2, -0.15) is 0 Å². The lowest BCUT2D eigenvalue weighted by Gasteiger charge is -2.04. The van der Waals surface area contributed by atoms with Crippen LogP contribution in [0.3, 0.4) is 0 Å². The number of aromatic nitrogens is 2. The third-order valence-corrected chi connectivity index (χ3v) is 3.39. The maximum Gasteiger partial charge on any atom is 0.438 e. The van der Waals surface area contributed by atoms with E-state index in [0.717, 1.165) is 5.56 Å². The molecule has 0 atom stereocenters. The molecule has 0 saturated carbocycles. The highest BCUT2D eigenvalue weighted by Crippen LogP contribution is 2.01. The van der Waals surface area contributed by atoms with Gasteiger partial charge in [0.2, 0.25) is 10.0 Å². The summed E-state index contributed by atoms with van der Waals surface area (Å²) >= 11 is 0. The molecule has 0 bridgehead atoms. The molecule has 0 radical (unpaired) electrons. The Morgan fingerprint density at radius 3 is 2.61 bits per heavy atom. The van der Waals surface area contributed by atoms with Crippen LogP contribution in [0.2, 0.25) is 0 Å². The van der Waals surface area contributed by atoms with E-state index in [9.17, 15) is 13.2 Å². The number of nitrogens with zero attached hydrogens (tertiary/aromatic N) is 1. The van der Waals surface area contributed by atoms with Crippen LogP contribution in [0.1, 0.15) is 11.4 Å². The van der Waals surface area contributed by atoms with E-state index in [4.69, 9.17) is 0 Å². The highest BCUT2D eigenvalue weighted by molar-refractivity contribution is 7.88. The summed E-state index contributed by atoms with van der Waals surface area (Å²) in [6.07, 6.45) is 0. The van der Waals surface area contributed by atoms with Gasteiger partial charge in [-0.3, -0.25) is 9.51 Å². The lowest BCUT2D eigenvalue weighted by Crippen LogP contribution is -2.25. The van der Waals surface area contributed by atoms with Crippen LogP contribution in [0, 0.1) is 0 Å². The van der Waals surface area contributed by atoms with E-state index in [0.29, 0.717) is 0 Å². The molecule has 18 heavy (non-hydrogen) atoms. The number of benzene rings is 1. The van der Waals surface area contributed by atoms with Crippen molar-refractivity contribution in [1.29, 1.82) is 0 Å². The van der Waals surface area contributed by atoms with Crippen LogP contribution in [0.5, 0.6) is 0 Å². The average Bonchev–Trinajstić information content (AvgIpc) is 2.73. The Labute approximate surface area is 103 Å². The van der Waals surface area contributed by atoms with Crippen molar-refractivity contribution in [1.82, 2.24) is 14.9 Å². The van der Waals surface area contributed by atoms with Crippen molar-refractivity contribution in [2.45, 2.75) is 12.3 Å². The second kappa shape index (κ2) is 5.15. The molecule has 2 aromatic rings. The van der Waals surface area contributed by atoms with Crippen molar-refractivity contribution < 1.29 is 12.9 Å². The first-order valence-corrected chi connectivity index (χ1v) is 6.76. The Morgan fingerprint density at radius 1 is 1.28 bits per heavy atom. The van der Waals surface area contributed by atoms with E-state index in [1.165, 1.54) is 0 Å². The molecule has 96 valence electrons. The van der Waals surface area contributed by atoms with E-state index < -0.39 is 21.5 Å². The summed E-state index contributed by atoms with van der Waals surface area (Å²) in [7, 11) is -3.56. The fraction of sp³-hybridized carbons (Fsp3) is 0.200. The van der Waals surface area contributed by atoms with Crippen LogP contribution in [0.15, 0.2) is 39.6 Å². The maximum atomic E-state index is 11.7. The molecular formula is C10H11N3O4S. The van der Waals surface area contributed by atoms with Crippen LogP contribution >= 0.6 is 0 Å². The minimum atomic E-state index is -3.56. The number of hydrogen-bond donors (Lipinski definition) is 2. The summed E-state index contributed by atoms with van der Waals surface area (Å²) in [4.78, 5) is 12.8. The molecule has 8 heteroatoms.